The molecule has 88 valence electrons. The lowest BCUT2D eigenvalue weighted by atomic mass is 9.62. The Kier molecular flexibility index (Phi) is 2.79. The molecular weight excluding hydrogens is 212 g/mol. The Morgan fingerprint density at radius 3 is 2.59 bits per heavy atom. The molecule has 0 saturated heterocycles. The van der Waals surface area contributed by atoms with Crippen LogP contribution in [0.3, 0.4) is 0 Å². The first-order valence-corrected chi connectivity index (χ1v) is 6.16. The molecule has 1 unspecified atom stereocenters. The van der Waals surface area contributed by atoms with Gasteiger partial charge in [-0.1, -0.05) is 6.08 Å². The van der Waals surface area contributed by atoms with Gasteiger partial charge in [-0.3, -0.25) is 4.79 Å². The summed E-state index contributed by atoms with van der Waals surface area (Å²) in [6.07, 6.45) is 6.24. The van der Waals surface area contributed by atoms with Gasteiger partial charge in [-0.15, -0.1) is 0 Å². The Morgan fingerprint density at radius 1 is 1.24 bits per heavy atom. The summed E-state index contributed by atoms with van der Waals surface area (Å²) >= 11 is 0. The van der Waals surface area contributed by atoms with Gasteiger partial charge in [0, 0.05) is 11.8 Å². The van der Waals surface area contributed by atoms with Crippen LogP contribution in [-0.2, 0) is 4.79 Å². The minimum Gasteiger partial charge on any atom is -0.299 e. The van der Waals surface area contributed by atoms with Crippen LogP contribution in [0.5, 0.6) is 0 Å². The normalized spacial score (nSPS) is 31.5. The summed E-state index contributed by atoms with van der Waals surface area (Å²) in [6.45, 7) is 1.91. The van der Waals surface area contributed by atoms with Gasteiger partial charge in [0.1, 0.15) is 5.78 Å². The predicted octanol–water partition coefficient (Wildman–Crippen LogP) is 2.89. The van der Waals surface area contributed by atoms with Gasteiger partial charge >= 0.3 is 0 Å². The van der Waals surface area contributed by atoms with Crippen LogP contribution in [0, 0.1) is 33.5 Å². The summed E-state index contributed by atoms with van der Waals surface area (Å²) in [6, 6.07) is 4.34. The minimum atomic E-state index is -1.07. The highest BCUT2D eigenvalue weighted by Crippen LogP contribution is 2.51. The summed E-state index contributed by atoms with van der Waals surface area (Å²) in [5.41, 5.74) is -0.856. The van der Waals surface area contributed by atoms with Gasteiger partial charge < -0.3 is 0 Å². The van der Waals surface area contributed by atoms with E-state index in [4.69, 9.17) is 0 Å². The summed E-state index contributed by atoms with van der Waals surface area (Å²) in [5.74, 6) is 0.204. The molecule has 0 radical (unpaired) electrons. The molecule has 0 aromatic heterocycles. The largest absolute Gasteiger partial charge is 0.299 e. The van der Waals surface area contributed by atoms with E-state index in [0.717, 1.165) is 24.8 Å². The van der Waals surface area contributed by atoms with E-state index in [0.29, 0.717) is 19.3 Å². The molecule has 3 heteroatoms. The van der Waals surface area contributed by atoms with E-state index in [-0.39, 0.29) is 5.78 Å². The first kappa shape index (κ1) is 11.9. The molecule has 0 bridgehead atoms. The molecule has 0 spiro atoms. The Labute approximate surface area is 102 Å². The third-order valence-corrected chi connectivity index (χ3v) is 4.24. The maximum Gasteiger partial charge on any atom is 0.165 e. The fourth-order valence-electron chi connectivity index (χ4n) is 3.18. The smallest absolute Gasteiger partial charge is 0.165 e. The number of allylic oxidation sites excluding steroid dienone is 2. The van der Waals surface area contributed by atoms with E-state index in [1.165, 1.54) is 0 Å². The molecule has 0 aliphatic heterocycles. The van der Waals surface area contributed by atoms with Gasteiger partial charge in [0.05, 0.1) is 12.1 Å². The quantitative estimate of drug-likeness (QED) is 0.599. The molecule has 1 fully saturated rings. The van der Waals surface area contributed by atoms with Gasteiger partial charge in [0.15, 0.2) is 5.41 Å². The Hall–Kier alpha value is -1.61. The number of carbonyl (C=O) groups is 1. The SMILES string of the molecule is CC12CCCC=C1C(C#N)(C#N)CCCC2=O. The number of rotatable bonds is 0. The number of Topliss-reactive ketones (excluding diaryl/α,β-unsaturated/α-hetero) is 1. The van der Waals surface area contributed by atoms with Crippen molar-refractivity contribution in [2.75, 3.05) is 0 Å². The number of hydrogen-bond acceptors (Lipinski definition) is 3. The van der Waals surface area contributed by atoms with Crippen molar-refractivity contribution in [3.05, 3.63) is 11.6 Å². The van der Waals surface area contributed by atoms with E-state index >= 15 is 0 Å². The van der Waals surface area contributed by atoms with Gasteiger partial charge in [-0.05, 0) is 44.6 Å². The standard InChI is InChI=1S/C14H16N2O/c1-13-7-3-2-5-11(13)14(9-15,10-16)8-4-6-12(13)17/h5H,2-4,6-8H2,1H3. The zero-order chi connectivity index (χ0) is 12.5. The zero-order valence-corrected chi connectivity index (χ0v) is 10.1. The van der Waals surface area contributed by atoms with Crippen molar-refractivity contribution in [3.8, 4) is 12.1 Å². The zero-order valence-electron chi connectivity index (χ0n) is 10.1. The van der Waals surface area contributed by atoms with Crippen molar-refractivity contribution in [2.24, 2.45) is 10.8 Å². The second-order valence-electron chi connectivity index (χ2n) is 5.25. The van der Waals surface area contributed by atoms with Crippen LogP contribution in [0.15, 0.2) is 11.6 Å². The molecule has 0 amide bonds. The molecule has 1 atom stereocenters. The highest BCUT2D eigenvalue weighted by Gasteiger charge is 2.50. The van der Waals surface area contributed by atoms with Gasteiger partial charge in [-0.2, -0.15) is 10.5 Å². The second kappa shape index (κ2) is 4.00. The van der Waals surface area contributed by atoms with Crippen molar-refractivity contribution in [1.29, 1.82) is 10.5 Å². The Bertz CT molecular complexity index is 450. The predicted molar refractivity (Wildman–Crippen MR) is 62.6 cm³/mol. The fourth-order valence-corrected chi connectivity index (χ4v) is 3.18. The molecule has 17 heavy (non-hydrogen) atoms. The van der Waals surface area contributed by atoms with Crippen LogP contribution in [-0.4, -0.2) is 5.78 Å². The number of ketones is 1. The highest BCUT2D eigenvalue weighted by atomic mass is 16.1. The minimum absolute atomic E-state index is 0.204. The van der Waals surface area contributed by atoms with E-state index in [9.17, 15) is 15.3 Å². The van der Waals surface area contributed by atoms with Crippen molar-refractivity contribution >= 4 is 5.78 Å². The maximum atomic E-state index is 12.2. The monoisotopic (exact) mass is 228 g/mol. The molecule has 0 N–H and O–H groups in total. The second-order valence-corrected chi connectivity index (χ2v) is 5.25. The molecular formula is C14H16N2O. The molecule has 0 aromatic carbocycles. The fraction of sp³-hybridized carbons (Fsp3) is 0.643. The molecule has 0 heterocycles. The first-order valence-electron chi connectivity index (χ1n) is 6.16. The average molecular weight is 228 g/mol. The van der Waals surface area contributed by atoms with Gasteiger partial charge in [0.2, 0.25) is 0 Å². The number of carbonyl (C=O) groups excluding carboxylic acids is 1. The lowest BCUT2D eigenvalue weighted by molar-refractivity contribution is -0.126. The molecule has 2 rings (SSSR count). The van der Waals surface area contributed by atoms with E-state index in [1.54, 1.807) is 0 Å². The average Bonchev–Trinajstić information content (AvgIpc) is 2.46. The molecule has 2 aliphatic rings. The lowest BCUT2D eigenvalue weighted by Crippen LogP contribution is -2.37. The Morgan fingerprint density at radius 2 is 1.94 bits per heavy atom. The molecule has 3 nitrogen and oxygen atoms in total. The van der Waals surface area contributed by atoms with E-state index in [2.05, 4.69) is 12.1 Å². The maximum absolute atomic E-state index is 12.2. The summed E-state index contributed by atoms with van der Waals surface area (Å²) < 4.78 is 0. The van der Waals surface area contributed by atoms with E-state index in [1.807, 2.05) is 13.0 Å². The summed E-state index contributed by atoms with van der Waals surface area (Å²) in [4.78, 5) is 12.2. The van der Waals surface area contributed by atoms with Crippen molar-refractivity contribution < 1.29 is 4.79 Å². The third-order valence-electron chi connectivity index (χ3n) is 4.24. The van der Waals surface area contributed by atoms with Crippen LogP contribution < -0.4 is 0 Å². The number of hydrogen-bond donors (Lipinski definition) is 0. The number of nitriles is 2. The van der Waals surface area contributed by atoms with Crippen LogP contribution in [0.2, 0.25) is 0 Å². The van der Waals surface area contributed by atoms with Gasteiger partial charge in [-0.25, -0.2) is 0 Å². The van der Waals surface area contributed by atoms with Crippen molar-refractivity contribution in [2.45, 2.75) is 45.4 Å². The molecule has 2 aliphatic carbocycles. The van der Waals surface area contributed by atoms with Crippen LogP contribution in [0.1, 0.15) is 45.4 Å². The highest BCUT2D eigenvalue weighted by molar-refractivity contribution is 5.89. The topological polar surface area (TPSA) is 64.7 Å². The molecule has 0 aromatic rings. The van der Waals surface area contributed by atoms with Crippen LogP contribution >= 0.6 is 0 Å². The van der Waals surface area contributed by atoms with E-state index < -0.39 is 10.8 Å². The summed E-state index contributed by atoms with van der Waals surface area (Å²) in [7, 11) is 0. The Balaban J connectivity index is 2.60. The number of nitrogens with zero attached hydrogens (tertiary/aromatic N) is 2. The lowest BCUT2D eigenvalue weighted by Gasteiger charge is -2.37. The van der Waals surface area contributed by atoms with Crippen LogP contribution in [0.4, 0.5) is 0 Å². The van der Waals surface area contributed by atoms with Crippen molar-refractivity contribution in [1.82, 2.24) is 0 Å². The molecule has 1 saturated carbocycles. The number of fused-ring (bicyclic) bond motifs is 1. The first-order chi connectivity index (χ1) is 8.09. The van der Waals surface area contributed by atoms with Crippen LogP contribution in [0.25, 0.3) is 0 Å². The van der Waals surface area contributed by atoms with Gasteiger partial charge in [0.25, 0.3) is 0 Å². The third kappa shape index (κ3) is 1.58. The van der Waals surface area contributed by atoms with Crippen molar-refractivity contribution in [3.63, 3.8) is 0 Å². The summed E-state index contributed by atoms with van der Waals surface area (Å²) in [5, 5.41) is 18.8.